The molecule has 1 amide bonds. The van der Waals surface area contributed by atoms with Gasteiger partial charge in [0.25, 0.3) is 0 Å². The molecule has 3 rings (SSSR count). The van der Waals surface area contributed by atoms with Crippen LogP contribution in [0.1, 0.15) is 149 Å². The molecule has 0 aromatic heterocycles. The fourth-order valence-corrected chi connectivity index (χ4v) is 8.97. The van der Waals surface area contributed by atoms with E-state index in [1.807, 2.05) is 12.2 Å². The minimum atomic E-state index is -1.98. The SMILES string of the molecule is CC/C=C\C/C=C\C/C=C\C/C=C\CCC(=O)NC(COC1OC(CO)C(OC2OC(CO)C(OC3OC(CO)C(O)C(O)C3O)C(O)C2O)C(O)C1O)C(O)CCCCCCCCCCCCCCCC. The summed E-state index contributed by atoms with van der Waals surface area (Å²) >= 11 is 0. The first kappa shape index (κ1) is 64.0. The van der Waals surface area contributed by atoms with E-state index < -0.39 is 124 Å². The van der Waals surface area contributed by atoms with Gasteiger partial charge in [0.2, 0.25) is 5.91 Å². The molecule has 17 atom stereocenters. The van der Waals surface area contributed by atoms with Crippen LogP contribution < -0.4 is 5.32 Å². The maximum Gasteiger partial charge on any atom is 0.220 e. The van der Waals surface area contributed by atoms with Crippen LogP contribution in [0.25, 0.3) is 0 Å². The van der Waals surface area contributed by atoms with Gasteiger partial charge in [0, 0.05) is 6.42 Å². The normalized spacial score (nSPS) is 32.4. The van der Waals surface area contributed by atoms with E-state index in [0.717, 1.165) is 44.9 Å². The molecule has 0 bridgehead atoms. The molecule has 3 aliphatic rings. The number of rotatable bonds is 37. The second-order valence-corrected chi connectivity index (χ2v) is 19.3. The van der Waals surface area contributed by atoms with Gasteiger partial charge in [-0.15, -0.1) is 0 Å². The summed E-state index contributed by atoms with van der Waals surface area (Å²) < 4.78 is 34.1. The Morgan fingerprint density at radius 2 is 0.931 bits per heavy atom. The van der Waals surface area contributed by atoms with Crippen LogP contribution in [0.5, 0.6) is 0 Å². The maximum absolute atomic E-state index is 13.2. The fourth-order valence-electron chi connectivity index (χ4n) is 8.97. The van der Waals surface area contributed by atoms with E-state index in [-0.39, 0.29) is 18.9 Å². The minimum Gasteiger partial charge on any atom is -0.394 e. The lowest BCUT2D eigenvalue weighted by Gasteiger charge is -2.48. The highest BCUT2D eigenvalue weighted by molar-refractivity contribution is 5.76. The van der Waals surface area contributed by atoms with Gasteiger partial charge in [-0.1, -0.05) is 152 Å². The Balaban J connectivity index is 1.56. The third kappa shape index (κ3) is 22.5. The van der Waals surface area contributed by atoms with Crippen LogP contribution in [-0.4, -0.2) is 193 Å². The number of nitrogens with one attached hydrogen (secondary N) is 1. The lowest BCUT2D eigenvalue weighted by molar-refractivity contribution is -0.379. The molecule has 17 unspecified atom stereocenters. The summed E-state index contributed by atoms with van der Waals surface area (Å²) in [5.41, 5.74) is 0. The van der Waals surface area contributed by atoms with E-state index in [9.17, 15) is 61.0 Å². The van der Waals surface area contributed by atoms with E-state index in [1.54, 1.807) is 0 Å². The number of ether oxygens (including phenoxy) is 6. The Hall–Kier alpha value is -2.25. The molecule has 0 aliphatic carbocycles. The second kappa shape index (κ2) is 37.5. The van der Waals surface area contributed by atoms with Gasteiger partial charge in [-0.3, -0.25) is 4.79 Å². The summed E-state index contributed by atoms with van der Waals surface area (Å²) in [4.78, 5) is 13.2. The molecule has 3 fully saturated rings. The highest BCUT2D eigenvalue weighted by Gasteiger charge is 2.53. The molecule has 0 radical (unpaired) electrons. The molecular formula is C53H93NO18. The van der Waals surface area contributed by atoms with Crippen molar-refractivity contribution in [3.63, 3.8) is 0 Å². The fraction of sp³-hybridized carbons (Fsp3) is 0.830. The number of aliphatic hydroxyl groups excluding tert-OH is 11. The van der Waals surface area contributed by atoms with Gasteiger partial charge in [-0.2, -0.15) is 0 Å². The van der Waals surface area contributed by atoms with Crippen LogP contribution in [-0.2, 0) is 33.2 Å². The highest BCUT2D eigenvalue weighted by Crippen LogP contribution is 2.33. The monoisotopic (exact) mass is 1030 g/mol. The summed E-state index contributed by atoms with van der Waals surface area (Å²) in [5.74, 6) is -0.326. The van der Waals surface area contributed by atoms with E-state index in [1.165, 1.54) is 64.2 Å². The smallest absolute Gasteiger partial charge is 0.220 e. The van der Waals surface area contributed by atoms with Crippen molar-refractivity contribution in [1.29, 1.82) is 0 Å². The number of carbonyl (C=O) groups is 1. The third-order valence-electron chi connectivity index (χ3n) is 13.4. The Kier molecular flexibility index (Phi) is 33.3. The van der Waals surface area contributed by atoms with Gasteiger partial charge in [-0.05, 0) is 38.5 Å². The minimum absolute atomic E-state index is 0.144. The van der Waals surface area contributed by atoms with E-state index in [4.69, 9.17) is 28.4 Å². The number of aliphatic hydroxyl groups is 11. The predicted molar refractivity (Wildman–Crippen MR) is 268 cm³/mol. The highest BCUT2D eigenvalue weighted by atomic mass is 16.8. The zero-order chi connectivity index (χ0) is 52.7. The van der Waals surface area contributed by atoms with Crippen molar-refractivity contribution in [2.45, 2.75) is 253 Å². The molecule has 72 heavy (non-hydrogen) atoms. The molecular weight excluding hydrogens is 939 g/mol. The number of amides is 1. The van der Waals surface area contributed by atoms with Crippen molar-refractivity contribution in [3.05, 3.63) is 48.6 Å². The number of carbonyl (C=O) groups excluding carboxylic acids is 1. The lowest BCUT2D eigenvalue weighted by Crippen LogP contribution is -2.66. The first-order chi connectivity index (χ1) is 34.8. The van der Waals surface area contributed by atoms with Gasteiger partial charge >= 0.3 is 0 Å². The van der Waals surface area contributed by atoms with E-state index in [2.05, 4.69) is 55.6 Å². The topological polar surface area (TPSA) is 307 Å². The predicted octanol–water partition coefficient (Wildman–Crippen LogP) is 2.75. The Morgan fingerprint density at radius 3 is 1.42 bits per heavy atom. The molecule has 0 spiro atoms. The Morgan fingerprint density at radius 1 is 0.514 bits per heavy atom. The first-order valence-electron chi connectivity index (χ1n) is 26.9. The van der Waals surface area contributed by atoms with Gasteiger partial charge < -0.3 is 89.9 Å². The van der Waals surface area contributed by atoms with Crippen molar-refractivity contribution in [2.75, 3.05) is 26.4 Å². The zero-order valence-electron chi connectivity index (χ0n) is 42.9. The van der Waals surface area contributed by atoms with Gasteiger partial charge in [0.15, 0.2) is 18.9 Å². The molecule has 19 nitrogen and oxygen atoms in total. The average molecular weight is 1030 g/mol. The van der Waals surface area contributed by atoms with Crippen LogP contribution in [0.15, 0.2) is 48.6 Å². The molecule has 418 valence electrons. The molecule has 0 saturated carbocycles. The van der Waals surface area contributed by atoms with Crippen molar-refractivity contribution in [3.8, 4) is 0 Å². The summed E-state index contributed by atoms with van der Waals surface area (Å²) in [7, 11) is 0. The lowest BCUT2D eigenvalue weighted by atomic mass is 9.96. The van der Waals surface area contributed by atoms with Gasteiger partial charge in [-0.25, -0.2) is 0 Å². The summed E-state index contributed by atoms with van der Waals surface area (Å²) in [5, 5.41) is 120. The Labute approximate surface area is 427 Å². The first-order valence-corrected chi connectivity index (χ1v) is 26.9. The van der Waals surface area contributed by atoms with Crippen molar-refractivity contribution >= 4 is 5.91 Å². The zero-order valence-corrected chi connectivity index (χ0v) is 42.9. The van der Waals surface area contributed by atoms with Crippen LogP contribution in [0, 0.1) is 0 Å². The summed E-state index contributed by atoms with van der Waals surface area (Å²) in [6.07, 6.45) is 10.9. The van der Waals surface area contributed by atoms with Crippen LogP contribution >= 0.6 is 0 Å². The van der Waals surface area contributed by atoms with Crippen molar-refractivity contribution in [2.24, 2.45) is 0 Å². The third-order valence-corrected chi connectivity index (χ3v) is 13.4. The summed E-state index contributed by atoms with van der Waals surface area (Å²) in [6.45, 7) is 1.58. The Bertz CT molecular complexity index is 1520. The molecule has 0 aromatic rings. The van der Waals surface area contributed by atoms with Crippen LogP contribution in [0.4, 0.5) is 0 Å². The molecule has 19 heteroatoms. The molecule has 3 heterocycles. The van der Waals surface area contributed by atoms with Crippen molar-refractivity contribution < 1.29 is 89.4 Å². The standard InChI is InChI=1S/C53H93NO18/c1-3-5-7-9-11-13-15-17-19-20-22-24-26-28-30-37(58)36(54-41(59)31-29-27-25-23-21-18-16-14-12-10-8-6-4-2)35-67-51-47(65)44(62)49(39(33-56)69-51)72-53-48(66)45(63)50(40(34-57)70-53)71-52-46(64)43(61)42(60)38(32-55)68-52/h6,8,12,14,18,21,25,27,36-40,42-53,55-58,60-66H,3-5,7,9-11,13,15-17,19-20,22-24,26,28-35H2,1-2H3,(H,54,59)/b8-6-,14-12-,21-18-,27-25-. The number of unbranched alkanes of at least 4 members (excludes halogenated alkanes) is 13. The van der Waals surface area contributed by atoms with Crippen LogP contribution in [0.2, 0.25) is 0 Å². The number of hydrogen-bond donors (Lipinski definition) is 12. The quantitative estimate of drug-likeness (QED) is 0.0315. The maximum atomic E-state index is 13.2. The van der Waals surface area contributed by atoms with E-state index in [0.29, 0.717) is 19.3 Å². The molecule has 3 aliphatic heterocycles. The summed E-state index contributed by atoms with van der Waals surface area (Å²) in [6, 6.07) is -0.924. The van der Waals surface area contributed by atoms with Crippen molar-refractivity contribution in [1.82, 2.24) is 5.32 Å². The second-order valence-electron chi connectivity index (χ2n) is 19.3. The molecule has 12 N–H and O–H groups in total. The van der Waals surface area contributed by atoms with Gasteiger partial charge in [0.05, 0.1) is 38.6 Å². The average Bonchev–Trinajstić information content (AvgIpc) is 3.37. The largest absolute Gasteiger partial charge is 0.394 e. The van der Waals surface area contributed by atoms with Gasteiger partial charge in [0.1, 0.15) is 73.2 Å². The van der Waals surface area contributed by atoms with E-state index >= 15 is 0 Å². The van der Waals surface area contributed by atoms with Crippen LogP contribution in [0.3, 0.4) is 0 Å². The molecule has 3 saturated heterocycles. The number of hydrogen-bond acceptors (Lipinski definition) is 18. The number of allylic oxidation sites excluding steroid dienone is 8. The molecule has 0 aromatic carbocycles.